The van der Waals surface area contributed by atoms with Gasteiger partial charge in [-0.15, -0.1) is 0 Å². The predicted octanol–water partition coefficient (Wildman–Crippen LogP) is 5.67. The van der Waals surface area contributed by atoms with Gasteiger partial charge >= 0.3 is 0 Å². The van der Waals surface area contributed by atoms with Gasteiger partial charge in [-0.05, 0) is 30.3 Å². The highest BCUT2D eigenvalue weighted by Gasteiger charge is 2.12. The van der Waals surface area contributed by atoms with Crippen molar-refractivity contribution in [3.8, 4) is 16.9 Å². The van der Waals surface area contributed by atoms with E-state index in [2.05, 4.69) is 0 Å². The molecule has 88 valence electrons. The molecular formula is C12H6Cl4O. The molecule has 0 saturated heterocycles. The number of rotatable bonds is 1. The first-order chi connectivity index (χ1) is 7.99. The molecule has 0 aliphatic heterocycles. The summed E-state index contributed by atoms with van der Waals surface area (Å²) in [6.07, 6.45) is 0. The molecule has 2 aromatic carbocycles. The van der Waals surface area contributed by atoms with Crippen LogP contribution in [0.5, 0.6) is 5.75 Å². The van der Waals surface area contributed by atoms with Crippen molar-refractivity contribution < 1.29 is 5.11 Å². The minimum absolute atomic E-state index is 0.0861. The lowest BCUT2D eigenvalue weighted by molar-refractivity contribution is 0.475. The van der Waals surface area contributed by atoms with Crippen LogP contribution in [0.4, 0.5) is 0 Å². The number of halogens is 4. The second-order valence-corrected chi connectivity index (χ2v) is 5.04. The number of phenols is 1. The van der Waals surface area contributed by atoms with Crippen LogP contribution < -0.4 is 0 Å². The van der Waals surface area contributed by atoms with Crippen LogP contribution in [0.25, 0.3) is 11.1 Å². The van der Waals surface area contributed by atoms with Crippen LogP contribution in [0, 0.1) is 0 Å². The second-order valence-electron chi connectivity index (χ2n) is 3.41. The Bertz CT molecular complexity index is 581. The number of hydrogen-bond donors (Lipinski definition) is 1. The molecule has 1 N–H and O–H groups in total. The van der Waals surface area contributed by atoms with Gasteiger partial charge in [0.25, 0.3) is 0 Å². The van der Waals surface area contributed by atoms with E-state index in [4.69, 9.17) is 46.4 Å². The van der Waals surface area contributed by atoms with E-state index in [0.29, 0.717) is 31.2 Å². The molecule has 5 heteroatoms. The molecule has 0 spiro atoms. The number of aromatic hydroxyl groups is 1. The molecule has 1 nitrogen and oxygen atoms in total. The third kappa shape index (κ3) is 2.63. The van der Waals surface area contributed by atoms with Crippen LogP contribution in [-0.2, 0) is 0 Å². The molecular weight excluding hydrogens is 302 g/mol. The van der Waals surface area contributed by atoms with Gasteiger partial charge in [0, 0.05) is 16.1 Å². The van der Waals surface area contributed by atoms with E-state index in [9.17, 15) is 5.11 Å². The molecule has 2 aromatic rings. The number of benzene rings is 2. The third-order valence-electron chi connectivity index (χ3n) is 2.24. The summed E-state index contributed by atoms with van der Waals surface area (Å²) < 4.78 is 0. The fraction of sp³-hybridized carbons (Fsp3) is 0. The molecule has 0 radical (unpaired) electrons. The SMILES string of the molecule is Oc1ccc(-c2cc(Cl)cc(Cl)c2Cl)c(Cl)c1. The summed E-state index contributed by atoms with van der Waals surface area (Å²) in [6, 6.07) is 7.84. The van der Waals surface area contributed by atoms with Crippen molar-refractivity contribution >= 4 is 46.4 Å². The predicted molar refractivity (Wildman–Crippen MR) is 73.6 cm³/mol. The monoisotopic (exact) mass is 306 g/mol. The van der Waals surface area contributed by atoms with Crippen LogP contribution in [0.3, 0.4) is 0 Å². The van der Waals surface area contributed by atoms with Gasteiger partial charge in [0.15, 0.2) is 0 Å². The van der Waals surface area contributed by atoms with Gasteiger partial charge in [0.1, 0.15) is 5.75 Å². The summed E-state index contributed by atoms with van der Waals surface area (Å²) in [4.78, 5) is 0. The first-order valence-corrected chi connectivity index (χ1v) is 6.13. The highest BCUT2D eigenvalue weighted by atomic mass is 35.5. The zero-order valence-corrected chi connectivity index (χ0v) is 11.4. The van der Waals surface area contributed by atoms with Crippen molar-refractivity contribution in [2.24, 2.45) is 0 Å². The zero-order valence-electron chi connectivity index (χ0n) is 8.35. The Morgan fingerprint density at radius 3 is 2.12 bits per heavy atom. The van der Waals surface area contributed by atoms with E-state index in [1.54, 1.807) is 18.2 Å². The van der Waals surface area contributed by atoms with Crippen LogP contribution in [0.15, 0.2) is 30.3 Å². The Balaban J connectivity index is 2.68. The molecule has 0 fully saturated rings. The number of hydrogen-bond acceptors (Lipinski definition) is 1. The topological polar surface area (TPSA) is 20.2 Å². The first kappa shape index (κ1) is 12.8. The lowest BCUT2D eigenvalue weighted by Crippen LogP contribution is -1.83. The van der Waals surface area contributed by atoms with Gasteiger partial charge < -0.3 is 5.11 Å². The summed E-state index contributed by atoms with van der Waals surface area (Å²) in [5.41, 5.74) is 1.30. The maximum Gasteiger partial charge on any atom is 0.117 e. The van der Waals surface area contributed by atoms with Crippen molar-refractivity contribution in [1.82, 2.24) is 0 Å². The maximum atomic E-state index is 9.29. The van der Waals surface area contributed by atoms with E-state index in [0.717, 1.165) is 0 Å². The van der Waals surface area contributed by atoms with Crippen LogP contribution in [-0.4, -0.2) is 5.11 Å². The molecule has 0 heterocycles. The molecule has 0 aliphatic rings. The van der Waals surface area contributed by atoms with Gasteiger partial charge in [-0.3, -0.25) is 0 Å². The highest BCUT2D eigenvalue weighted by Crippen LogP contribution is 2.40. The summed E-state index contributed by atoms with van der Waals surface area (Å²) in [5.74, 6) is 0.0861. The molecule has 0 amide bonds. The fourth-order valence-electron chi connectivity index (χ4n) is 1.47. The van der Waals surface area contributed by atoms with Gasteiger partial charge in [-0.25, -0.2) is 0 Å². The molecule has 0 unspecified atom stereocenters. The maximum absolute atomic E-state index is 9.29. The molecule has 0 aromatic heterocycles. The average Bonchev–Trinajstić information content (AvgIpc) is 2.24. The molecule has 0 saturated carbocycles. The largest absolute Gasteiger partial charge is 0.508 e. The molecule has 2 rings (SSSR count). The van der Waals surface area contributed by atoms with Crippen molar-refractivity contribution in [3.05, 3.63) is 50.4 Å². The summed E-state index contributed by atoms with van der Waals surface area (Å²) in [7, 11) is 0. The van der Waals surface area contributed by atoms with E-state index in [1.165, 1.54) is 12.1 Å². The van der Waals surface area contributed by atoms with Gasteiger partial charge in [0.05, 0.1) is 15.1 Å². The van der Waals surface area contributed by atoms with Crippen molar-refractivity contribution in [1.29, 1.82) is 0 Å². The number of phenolic OH excluding ortho intramolecular Hbond substituents is 1. The Kier molecular flexibility index (Phi) is 3.74. The Morgan fingerprint density at radius 1 is 0.765 bits per heavy atom. The summed E-state index contributed by atoms with van der Waals surface area (Å²) >= 11 is 24.0. The van der Waals surface area contributed by atoms with Gasteiger partial charge in [-0.1, -0.05) is 46.4 Å². The van der Waals surface area contributed by atoms with Gasteiger partial charge in [0.2, 0.25) is 0 Å². The molecule has 17 heavy (non-hydrogen) atoms. The molecule has 0 atom stereocenters. The minimum Gasteiger partial charge on any atom is -0.508 e. The molecule has 0 bridgehead atoms. The van der Waals surface area contributed by atoms with E-state index in [1.807, 2.05) is 0 Å². The fourth-order valence-corrected chi connectivity index (χ4v) is 2.46. The Morgan fingerprint density at radius 2 is 1.47 bits per heavy atom. The smallest absolute Gasteiger partial charge is 0.117 e. The van der Waals surface area contributed by atoms with Crippen molar-refractivity contribution in [2.45, 2.75) is 0 Å². The van der Waals surface area contributed by atoms with Crippen LogP contribution >= 0.6 is 46.4 Å². The quantitative estimate of drug-likeness (QED) is 0.673. The highest BCUT2D eigenvalue weighted by molar-refractivity contribution is 6.45. The zero-order chi connectivity index (χ0) is 12.6. The minimum atomic E-state index is 0.0861. The van der Waals surface area contributed by atoms with Crippen molar-refractivity contribution in [2.75, 3.05) is 0 Å². The van der Waals surface area contributed by atoms with E-state index >= 15 is 0 Å². The Labute approximate surface area is 118 Å². The molecule has 0 aliphatic carbocycles. The third-order valence-corrected chi connectivity index (χ3v) is 3.57. The van der Waals surface area contributed by atoms with E-state index < -0.39 is 0 Å². The van der Waals surface area contributed by atoms with Crippen LogP contribution in [0.2, 0.25) is 20.1 Å². The summed E-state index contributed by atoms with van der Waals surface area (Å²) in [5, 5.41) is 10.9. The summed E-state index contributed by atoms with van der Waals surface area (Å²) in [6.45, 7) is 0. The van der Waals surface area contributed by atoms with Crippen molar-refractivity contribution in [3.63, 3.8) is 0 Å². The second kappa shape index (κ2) is 4.95. The lowest BCUT2D eigenvalue weighted by Gasteiger charge is -2.09. The standard InChI is InChI=1S/C12H6Cl4O/c13-6-3-9(12(16)11(15)4-6)8-2-1-7(17)5-10(8)14/h1-5,17H. The van der Waals surface area contributed by atoms with E-state index in [-0.39, 0.29) is 5.75 Å². The average molecular weight is 308 g/mol. The Hall–Kier alpha value is -0.600. The lowest BCUT2D eigenvalue weighted by atomic mass is 10.1. The normalized spacial score (nSPS) is 10.6. The first-order valence-electron chi connectivity index (χ1n) is 4.62. The van der Waals surface area contributed by atoms with Gasteiger partial charge in [-0.2, -0.15) is 0 Å². The van der Waals surface area contributed by atoms with Crippen LogP contribution in [0.1, 0.15) is 0 Å².